The summed E-state index contributed by atoms with van der Waals surface area (Å²) in [6, 6.07) is 6.12. The zero-order valence-electron chi connectivity index (χ0n) is 15.5. The van der Waals surface area contributed by atoms with E-state index in [1.807, 2.05) is 0 Å². The first-order valence-electron chi connectivity index (χ1n) is 10.1. The number of carbonyl (C=O) groups excluding carboxylic acids is 1. The van der Waals surface area contributed by atoms with Crippen molar-refractivity contribution in [2.24, 2.45) is 29.6 Å². The number of urea groups is 1. The second kappa shape index (κ2) is 7.79. The molecule has 6 heteroatoms. The van der Waals surface area contributed by atoms with Crippen LogP contribution < -0.4 is 15.4 Å². The lowest BCUT2D eigenvalue weighted by Crippen LogP contribution is -2.50. The third-order valence-electron chi connectivity index (χ3n) is 6.68. The lowest BCUT2D eigenvalue weighted by molar-refractivity contribution is -0.0343. The summed E-state index contributed by atoms with van der Waals surface area (Å²) in [6.45, 7) is 1.55. The highest BCUT2D eigenvalue weighted by atomic mass is 16.5. The van der Waals surface area contributed by atoms with Gasteiger partial charge in [0.1, 0.15) is 12.4 Å². The summed E-state index contributed by atoms with van der Waals surface area (Å²) in [5.74, 6) is 3.85. The lowest BCUT2D eigenvalue weighted by Gasteiger charge is -2.54. The van der Waals surface area contributed by atoms with Crippen molar-refractivity contribution < 1.29 is 19.4 Å². The van der Waals surface area contributed by atoms with Gasteiger partial charge in [-0.2, -0.15) is 0 Å². The SMILES string of the molecule is O=C(NCCOc1ccc(C(=O)O)cc1)NCC1C2CC3CC(C2)CC1C3. The fourth-order valence-electron chi connectivity index (χ4n) is 5.67. The van der Waals surface area contributed by atoms with Crippen LogP contribution in [0.3, 0.4) is 0 Å². The van der Waals surface area contributed by atoms with Gasteiger partial charge < -0.3 is 20.5 Å². The van der Waals surface area contributed by atoms with Crippen LogP contribution in [0.2, 0.25) is 0 Å². The number of benzene rings is 1. The first-order valence-corrected chi connectivity index (χ1v) is 10.1. The van der Waals surface area contributed by atoms with Crippen LogP contribution in [-0.4, -0.2) is 36.8 Å². The summed E-state index contributed by atoms with van der Waals surface area (Å²) in [5.41, 5.74) is 0.227. The van der Waals surface area contributed by atoms with Gasteiger partial charge in [-0.1, -0.05) is 0 Å². The standard InChI is InChI=1S/C21H28N2O4/c24-20(25)15-1-3-18(4-2-15)27-6-5-22-21(26)23-12-19-16-8-13-7-14(10-16)11-17(19)9-13/h1-4,13-14,16-17,19H,5-12H2,(H,24,25)(H2,22,23,26). The summed E-state index contributed by atoms with van der Waals surface area (Å²) in [7, 11) is 0. The molecular weight excluding hydrogens is 344 g/mol. The van der Waals surface area contributed by atoms with Gasteiger partial charge in [-0.05, 0) is 86.0 Å². The normalized spacial score (nSPS) is 30.7. The summed E-state index contributed by atoms with van der Waals surface area (Å²) < 4.78 is 5.53. The molecule has 0 unspecified atom stereocenters. The predicted octanol–water partition coefficient (Wildman–Crippen LogP) is 3.14. The smallest absolute Gasteiger partial charge is 0.335 e. The number of hydrogen-bond donors (Lipinski definition) is 3. The van der Waals surface area contributed by atoms with E-state index in [0.717, 1.165) is 30.2 Å². The fourth-order valence-corrected chi connectivity index (χ4v) is 5.67. The first-order chi connectivity index (χ1) is 13.1. The van der Waals surface area contributed by atoms with Gasteiger partial charge in [0.05, 0.1) is 12.1 Å². The van der Waals surface area contributed by atoms with Crippen LogP contribution in [0.25, 0.3) is 0 Å². The van der Waals surface area contributed by atoms with E-state index in [-0.39, 0.29) is 11.6 Å². The van der Waals surface area contributed by atoms with Gasteiger partial charge >= 0.3 is 12.0 Å². The molecule has 27 heavy (non-hydrogen) atoms. The van der Waals surface area contributed by atoms with Gasteiger partial charge in [0.2, 0.25) is 0 Å². The van der Waals surface area contributed by atoms with Crippen molar-refractivity contribution in [3.05, 3.63) is 29.8 Å². The molecule has 0 saturated heterocycles. The number of carboxylic acids is 1. The van der Waals surface area contributed by atoms with Crippen molar-refractivity contribution in [3.8, 4) is 5.75 Å². The Balaban J connectivity index is 1.14. The molecule has 5 rings (SSSR count). The largest absolute Gasteiger partial charge is 0.492 e. The maximum Gasteiger partial charge on any atom is 0.335 e. The molecule has 0 spiro atoms. The second-order valence-corrected chi connectivity index (χ2v) is 8.41. The first kappa shape index (κ1) is 18.1. The zero-order chi connectivity index (χ0) is 18.8. The van der Waals surface area contributed by atoms with Gasteiger partial charge in [-0.15, -0.1) is 0 Å². The van der Waals surface area contributed by atoms with E-state index in [1.165, 1.54) is 44.2 Å². The Morgan fingerprint density at radius 2 is 1.59 bits per heavy atom. The molecule has 4 bridgehead atoms. The zero-order valence-corrected chi connectivity index (χ0v) is 15.5. The number of amides is 2. The Bertz CT molecular complexity index is 660. The molecule has 3 N–H and O–H groups in total. The van der Waals surface area contributed by atoms with E-state index in [2.05, 4.69) is 10.6 Å². The number of hydrogen-bond acceptors (Lipinski definition) is 3. The molecule has 4 saturated carbocycles. The summed E-state index contributed by atoms with van der Waals surface area (Å²) in [6.07, 6.45) is 6.93. The van der Waals surface area contributed by atoms with E-state index < -0.39 is 5.97 Å². The molecule has 0 atom stereocenters. The van der Waals surface area contributed by atoms with Crippen molar-refractivity contribution in [3.63, 3.8) is 0 Å². The Labute approximate surface area is 159 Å². The van der Waals surface area contributed by atoms with Crippen molar-refractivity contribution in [1.82, 2.24) is 10.6 Å². The molecule has 0 heterocycles. The number of nitrogens with one attached hydrogen (secondary N) is 2. The molecule has 0 aromatic heterocycles. The molecule has 146 valence electrons. The van der Waals surface area contributed by atoms with E-state index in [0.29, 0.717) is 24.8 Å². The van der Waals surface area contributed by atoms with Gasteiger partial charge in [0.15, 0.2) is 0 Å². The molecule has 6 nitrogen and oxygen atoms in total. The highest BCUT2D eigenvalue weighted by Crippen LogP contribution is 2.56. The predicted molar refractivity (Wildman–Crippen MR) is 101 cm³/mol. The van der Waals surface area contributed by atoms with Crippen LogP contribution in [0.4, 0.5) is 4.79 Å². The quantitative estimate of drug-likeness (QED) is 0.642. The maximum absolute atomic E-state index is 12.1. The van der Waals surface area contributed by atoms with E-state index in [4.69, 9.17) is 9.84 Å². The minimum absolute atomic E-state index is 0.131. The number of carbonyl (C=O) groups is 2. The van der Waals surface area contributed by atoms with Crippen LogP contribution >= 0.6 is 0 Å². The molecule has 0 aliphatic heterocycles. The molecule has 2 amide bonds. The molecule has 0 radical (unpaired) electrons. The molecule has 1 aromatic rings. The fraction of sp³-hybridized carbons (Fsp3) is 0.619. The Kier molecular flexibility index (Phi) is 5.23. The topological polar surface area (TPSA) is 87.7 Å². The summed E-state index contributed by atoms with van der Waals surface area (Å²) >= 11 is 0. The van der Waals surface area contributed by atoms with Crippen LogP contribution in [0.15, 0.2) is 24.3 Å². The minimum atomic E-state index is -0.959. The molecular formula is C21H28N2O4. The van der Waals surface area contributed by atoms with Gasteiger partial charge in [0, 0.05) is 6.54 Å². The highest BCUT2D eigenvalue weighted by Gasteiger charge is 2.47. The monoisotopic (exact) mass is 372 g/mol. The van der Waals surface area contributed by atoms with Crippen LogP contribution in [-0.2, 0) is 0 Å². The Morgan fingerprint density at radius 3 is 2.19 bits per heavy atom. The van der Waals surface area contributed by atoms with Gasteiger partial charge in [-0.3, -0.25) is 0 Å². The van der Waals surface area contributed by atoms with E-state index in [1.54, 1.807) is 12.1 Å². The van der Waals surface area contributed by atoms with Crippen molar-refractivity contribution in [2.75, 3.05) is 19.7 Å². The van der Waals surface area contributed by atoms with Crippen molar-refractivity contribution in [2.45, 2.75) is 32.1 Å². The van der Waals surface area contributed by atoms with Crippen LogP contribution in [0.5, 0.6) is 5.75 Å². The van der Waals surface area contributed by atoms with E-state index in [9.17, 15) is 9.59 Å². The molecule has 1 aromatic carbocycles. The summed E-state index contributed by atoms with van der Waals surface area (Å²) in [4.78, 5) is 22.9. The third kappa shape index (κ3) is 4.20. The number of rotatable bonds is 7. The number of ether oxygens (including phenoxy) is 1. The third-order valence-corrected chi connectivity index (χ3v) is 6.68. The average Bonchev–Trinajstić information content (AvgIpc) is 2.64. The van der Waals surface area contributed by atoms with Crippen molar-refractivity contribution in [1.29, 1.82) is 0 Å². The number of carboxylic acid groups (broad SMARTS) is 1. The molecule has 4 aliphatic carbocycles. The highest BCUT2D eigenvalue weighted by molar-refractivity contribution is 5.87. The van der Waals surface area contributed by atoms with Crippen LogP contribution in [0, 0.1) is 29.6 Å². The Morgan fingerprint density at radius 1 is 0.963 bits per heavy atom. The van der Waals surface area contributed by atoms with E-state index >= 15 is 0 Å². The lowest BCUT2D eigenvalue weighted by atomic mass is 9.52. The maximum atomic E-state index is 12.1. The van der Waals surface area contributed by atoms with Gasteiger partial charge in [-0.25, -0.2) is 9.59 Å². The minimum Gasteiger partial charge on any atom is -0.492 e. The van der Waals surface area contributed by atoms with Crippen LogP contribution in [0.1, 0.15) is 42.5 Å². The number of aromatic carboxylic acids is 1. The Hall–Kier alpha value is -2.24. The second-order valence-electron chi connectivity index (χ2n) is 8.41. The molecule has 4 aliphatic rings. The summed E-state index contributed by atoms with van der Waals surface area (Å²) in [5, 5.41) is 14.8. The molecule has 4 fully saturated rings. The van der Waals surface area contributed by atoms with Crippen molar-refractivity contribution >= 4 is 12.0 Å². The average molecular weight is 372 g/mol. The van der Waals surface area contributed by atoms with Gasteiger partial charge in [0.25, 0.3) is 0 Å².